The van der Waals surface area contributed by atoms with Crippen molar-refractivity contribution in [3.63, 3.8) is 0 Å². The summed E-state index contributed by atoms with van der Waals surface area (Å²) < 4.78 is 16.9. The molecule has 0 aliphatic rings. The van der Waals surface area contributed by atoms with Gasteiger partial charge in [0.2, 0.25) is 0 Å². The largest absolute Gasteiger partial charge is 0.496 e. The van der Waals surface area contributed by atoms with E-state index in [-0.39, 0.29) is 5.97 Å². The number of aryl methyl sites for hydroxylation is 1. The van der Waals surface area contributed by atoms with E-state index in [1.54, 1.807) is 20.3 Å². The molecule has 5 heteroatoms. The van der Waals surface area contributed by atoms with Crippen LogP contribution in [0, 0.1) is 0 Å². The molecule has 2 rings (SSSR count). The van der Waals surface area contributed by atoms with Gasteiger partial charge in [0, 0.05) is 11.6 Å². The fraction of sp³-hybridized carbons (Fsp3) is 0.370. The molecule has 4 nitrogen and oxygen atoms in total. The minimum Gasteiger partial charge on any atom is -0.496 e. The van der Waals surface area contributed by atoms with E-state index in [4.69, 9.17) is 25.8 Å². The number of methoxy groups -OCH3 is 2. The molecule has 51 heavy (non-hydrogen) atoms. The molecule has 0 unspecified atom stereocenters. The van der Waals surface area contributed by atoms with Gasteiger partial charge in [0.25, 0.3) is 0 Å². The Morgan fingerprint density at radius 1 is 0.569 bits per heavy atom. The van der Waals surface area contributed by atoms with Crippen molar-refractivity contribution in [2.45, 2.75) is 97.3 Å². The first-order chi connectivity index (χ1) is 25.0. The molecule has 0 aromatic heterocycles. The third kappa shape index (κ3) is 19.6. The zero-order chi connectivity index (χ0) is 36.8. The molecule has 0 amide bonds. The molecule has 0 radical (unpaired) electrons. The van der Waals surface area contributed by atoms with E-state index < -0.39 is 0 Å². The lowest BCUT2D eigenvalue weighted by atomic mass is 9.99. The number of ether oxygens (including phenoxy) is 3. The van der Waals surface area contributed by atoms with Crippen LogP contribution >= 0.6 is 11.6 Å². The van der Waals surface area contributed by atoms with Gasteiger partial charge >= 0.3 is 5.97 Å². The van der Waals surface area contributed by atoms with Gasteiger partial charge in [-0.25, -0.2) is 4.79 Å². The van der Waals surface area contributed by atoms with Gasteiger partial charge in [0.05, 0.1) is 19.2 Å². The van der Waals surface area contributed by atoms with Crippen molar-refractivity contribution < 1.29 is 19.0 Å². The number of unbranched alkanes of at least 4 members (excludes halogenated alkanes) is 9. The number of hydrogen-bond donors (Lipinski definition) is 0. The Morgan fingerprint density at radius 2 is 1.06 bits per heavy atom. The molecule has 0 atom stereocenters. The molecule has 0 heterocycles. The summed E-state index contributed by atoms with van der Waals surface area (Å²) in [6.45, 7) is 4.45. The quantitative estimate of drug-likeness (QED) is 0.0338. The Morgan fingerprint density at radius 3 is 1.63 bits per heavy atom. The van der Waals surface area contributed by atoms with Gasteiger partial charge < -0.3 is 14.2 Å². The third-order valence-electron chi connectivity index (χ3n) is 8.15. The van der Waals surface area contributed by atoms with Crippen molar-refractivity contribution in [1.82, 2.24) is 0 Å². The lowest BCUT2D eigenvalue weighted by Gasteiger charge is -2.16. The summed E-state index contributed by atoms with van der Waals surface area (Å²) in [6, 6.07) is 9.84. The molecule has 0 aliphatic carbocycles. The van der Waals surface area contributed by atoms with Crippen molar-refractivity contribution in [2.75, 3.05) is 14.2 Å². The first-order valence-electron chi connectivity index (χ1n) is 18.6. The first-order valence-corrected chi connectivity index (χ1v) is 19.0. The van der Waals surface area contributed by atoms with Gasteiger partial charge in [-0.3, -0.25) is 0 Å². The van der Waals surface area contributed by atoms with Crippen LogP contribution in [0.5, 0.6) is 17.2 Å². The van der Waals surface area contributed by atoms with Crippen molar-refractivity contribution >= 4 is 23.6 Å². The second kappa shape index (κ2) is 28.4. The van der Waals surface area contributed by atoms with Gasteiger partial charge in [-0.15, -0.1) is 0 Å². The number of allylic oxidation sites excluding steroid dienone is 14. The van der Waals surface area contributed by atoms with Crippen LogP contribution in [0.3, 0.4) is 0 Å². The SMILES string of the molecule is CCCCCCCCCCc1c(OC)cc(CCCCC)cc1OC(=O)/C=C/C=C/C=C/C=C/C=C/C=C/C=C/C=C/c1ccc(OC)c(Cl)c1. The average molecular weight is 711 g/mol. The third-order valence-corrected chi connectivity index (χ3v) is 8.44. The highest BCUT2D eigenvalue weighted by atomic mass is 35.5. The van der Waals surface area contributed by atoms with Gasteiger partial charge in [-0.2, -0.15) is 0 Å². The number of esters is 1. The van der Waals surface area contributed by atoms with E-state index in [2.05, 4.69) is 19.9 Å². The highest BCUT2D eigenvalue weighted by Crippen LogP contribution is 2.33. The second-order valence-electron chi connectivity index (χ2n) is 12.3. The average Bonchev–Trinajstić information content (AvgIpc) is 3.13. The standard InChI is InChI=1S/C46H59ClO4/c1-5-7-9-10-11-21-24-28-32-41-44(50-4)37-40(31-26-8-6-2)38-45(41)51-46(48)33-29-25-22-19-17-15-13-12-14-16-18-20-23-27-30-39-34-35-43(49-3)42(47)36-39/h12-20,22-23,25,27,29-30,33-38H,5-11,21,24,26,28,31-32H2,1-4H3/b14-12+,15-13+,18-16+,19-17+,23-20+,25-22+,30-27+,33-29+. The number of rotatable bonds is 25. The van der Waals surface area contributed by atoms with Crippen LogP contribution in [-0.4, -0.2) is 20.2 Å². The topological polar surface area (TPSA) is 44.8 Å². The van der Waals surface area contributed by atoms with Crippen LogP contribution in [-0.2, 0) is 17.6 Å². The number of halogens is 1. The molecule has 0 fully saturated rings. The van der Waals surface area contributed by atoms with Crippen molar-refractivity contribution in [2.24, 2.45) is 0 Å². The van der Waals surface area contributed by atoms with Crippen LogP contribution < -0.4 is 14.2 Å². The Balaban J connectivity index is 1.83. The molecule has 2 aromatic rings. The zero-order valence-corrected chi connectivity index (χ0v) is 32.1. The number of hydrogen-bond acceptors (Lipinski definition) is 4. The molecule has 0 saturated carbocycles. The van der Waals surface area contributed by atoms with Crippen LogP contribution in [0.15, 0.2) is 121 Å². The summed E-state index contributed by atoms with van der Waals surface area (Å²) in [5.74, 6) is 1.72. The van der Waals surface area contributed by atoms with Crippen LogP contribution in [0.1, 0.15) is 101 Å². The highest BCUT2D eigenvalue weighted by molar-refractivity contribution is 6.32. The van der Waals surface area contributed by atoms with Crippen LogP contribution in [0.2, 0.25) is 5.02 Å². The fourth-order valence-electron chi connectivity index (χ4n) is 5.35. The molecule has 274 valence electrons. The van der Waals surface area contributed by atoms with E-state index in [0.29, 0.717) is 16.5 Å². The van der Waals surface area contributed by atoms with Crippen LogP contribution in [0.25, 0.3) is 6.08 Å². The normalized spacial score (nSPS) is 12.5. The molecule has 0 saturated heterocycles. The van der Waals surface area contributed by atoms with E-state index in [1.807, 2.05) is 109 Å². The summed E-state index contributed by atoms with van der Waals surface area (Å²) in [5, 5.41) is 0.594. The maximum absolute atomic E-state index is 12.8. The number of carbonyl (C=O) groups excluding carboxylic acids is 1. The van der Waals surface area contributed by atoms with Gasteiger partial charge in [0.1, 0.15) is 17.2 Å². The molecular weight excluding hydrogens is 652 g/mol. The minimum absolute atomic E-state index is 0.389. The highest BCUT2D eigenvalue weighted by Gasteiger charge is 2.15. The summed E-state index contributed by atoms with van der Waals surface area (Å²) in [6.07, 6.45) is 45.5. The van der Waals surface area contributed by atoms with E-state index in [9.17, 15) is 4.79 Å². The van der Waals surface area contributed by atoms with E-state index in [0.717, 1.165) is 54.5 Å². The lowest BCUT2D eigenvalue weighted by Crippen LogP contribution is -2.08. The maximum atomic E-state index is 12.8. The number of carbonyl (C=O) groups is 1. The maximum Gasteiger partial charge on any atom is 0.336 e. The Kier molecular flexibility index (Phi) is 23.9. The summed E-state index contributed by atoms with van der Waals surface area (Å²) in [5.41, 5.74) is 3.14. The zero-order valence-electron chi connectivity index (χ0n) is 31.3. The predicted octanol–water partition coefficient (Wildman–Crippen LogP) is 13.3. The van der Waals surface area contributed by atoms with Crippen molar-refractivity contribution in [3.05, 3.63) is 143 Å². The molecule has 0 aliphatic heterocycles. The molecule has 0 bridgehead atoms. The predicted molar refractivity (Wildman–Crippen MR) is 219 cm³/mol. The molecule has 2 aromatic carbocycles. The van der Waals surface area contributed by atoms with Gasteiger partial charge in [0.15, 0.2) is 0 Å². The second-order valence-corrected chi connectivity index (χ2v) is 12.7. The first kappa shape index (κ1) is 42.9. The Hall–Kier alpha value is -4.28. The Bertz CT molecular complexity index is 1520. The lowest BCUT2D eigenvalue weighted by molar-refractivity contribution is -0.129. The van der Waals surface area contributed by atoms with Gasteiger partial charge in [-0.1, -0.05) is 180 Å². The number of benzene rings is 2. The minimum atomic E-state index is -0.389. The summed E-state index contributed by atoms with van der Waals surface area (Å²) in [4.78, 5) is 12.8. The molecular formula is C46H59ClO4. The van der Waals surface area contributed by atoms with Gasteiger partial charge in [-0.05, 0) is 61.1 Å². The monoisotopic (exact) mass is 710 g/mol. The van der Waals surface area contributed by atoms with Crippen molar-refractivity contribution in [1.29, 1.82) is 0 Å². The molecule has 0 spiro atoms. The smallest absolute Gasteiger partial charge is 0.336 e. The summed E-state index contributed by atoms with van der Waals surface area (Å²) in [7, 11) is 3.31. The fourth-order valence-corrected chi connectivity index (χ4v) is 5.62. The van der Waals surface area contributed by atoms with Crippen LogP contribution in [0.4, 0.5) is 0 Å². The molecule has 0 N–H and O–H groups in total. The van der Waals surface area contributed by atoms with Crippen molar-refractivity contribution in [3.8, 4) is 17.2 Å². The summed E-state index contributed by atoms with van der Waals surface area (Å²) >= 11 is 6.16. The Labute approximate surface area is 313 Å². The van der Waals surface area contributed by atoms with E-state index in [1.165, 1.54) is 57.4 Å². The van der Waals surface area contributed by atoms with E-state index >= 15 is 0 Å².